The number of nitrogens with zero attached hydrogens (tertiary/aromatic N) is 5. The molecule has 34 heavy (non-hydrogen) atoms. The van der Waals surface area contributed by atoms with Crippen molar-refractivity contribution in [3.63, 3.8) is 0 Å². The van der Waals surface area contributed by atoms with Gasteiger partial charge in [0.15, 0.2) is 0 Å². The molecule has 7 nitrogen and oxygen atoms in total. The first kappa shape index (κ1) is 22.1. The third-order valence-electron chi connectivity index (χ3n) is 5.99. The van der Waals surface area contributed by atoms with E-state index in [1.54, 1.807) is 18.6 Å². The van der Waals surface area contributed by atoms with Gasteiger partial charge in [0.25, 0.3) is 0 Å². The molecule has 4 heterocycles. The summed E-state index contributed by atoms with van der Waals surface area (Å²) in [6.07, 6.45) is 5.09. The Morgan fingerprint density at radius 3 is 2.62 bits per heavy atom. The SMILES string of the molecule is Cc1cc2c(cc1-c1c(C)noc1C)ncc1nc(-c3cccnc3)n([C@@H](C)COC(F)F)c12. The van der Waals surface area contributed by atoms with E-state index in [-0.39, 0.29) is 6.61 Å². The predicted octanol–water partition coefficient (Wildman–Crippen LogP) is 6.03. The van der Waals surface area contributed by atoms with Crippen molar-refractivity contribution in [3.05, 3.63) is 59.9 Å². The van der Waals surface area contributed by atoms with Crippen LogP contribution in [0.1, 0.15) is 30.0 Å². The van der Waals surface area contributed by atoms with Crippen LogP contribution in [0.5, 0.6) is 0 Å². The van der Waals surface area contributed by atoms with Crippen molar-refractivity contribution in [1.82, 2.24) is 24.7 Å². The maximum absolute atomic E-state index is 12.8. The molecule has 0 aliphatic heterocycles. The highest BCUT2D eigenvalue weighted by Crippen LogP contribution is 2.37. The Morgan fingerprint density at radius 2 is 1.94 bits per heavy atom. The summed E-state index contributed by atoms with van der Waals surface area (Å²) in [7, 11) is 0. The molecule has 0 aliphatic carbocycles. The molecule has 0 amide bonds. The number of benzene rings is 1. The van der Waals surface area contributed by atoms with Gasteiger partial charge in [-0.1, -0.05) is 5.16 Å². The average molecular weight is 463 g/mol. The molecule has 0 saturated heterocycles. The van der Waals surface area contributed by atoms with Crippen molar-refractivity contribution < 1.29 is 18.0 Å². The number of hydrogen-bond donors (Lipinski definition) is 0. The average Bonchev–Trinajstić information content (AvgIpc) is 3.38. The summed E-state index contributed by atoms with van der Waals surface area (Å²) in [4.78, 5) is 13.7. The number of ether oxygens (including phenoxy) is 1. The molecule has 0 bridgehead atoms. The Balaban J connectivity index is 1.78. The highest BCUT2D eigenvalue weighted by molar-refractivity contribution is 6.05. The first-order valence-electron chi connectivity index (χ1n) is 10.9. The molecule has 174 valence electrons. The predicted molar refractivity (Wildman–Crippen MR) is 125 cm³/mol. The Kier molecular flexibility index (Phi) is 5.57. The second-order valence-corrected chi connectivity index (χ2v) is 8.37. The molecule has 9 heteroatoms. The summed E-state index contributed by atoms with van der Waals surface area (Å²) in [5, 5.41) is 4.95. The third kappa shape index (κ3) is 3.71. The van der Waals surface area contributed by atoms with Crippen molar-refractivity contribution in [2.75, 3.05) is 6.61 Å². The van der Waals surface area contributed by atoms with Crippen LogP contribution in [0.3, 0.4) is 0 Å². The maximum Gasteiger partial charge on any atom is 0.345 e. The Morgan fingerprint density at radius 1 is 1.12 bits per heavy atom. The number of alkyl halides is 2. The number of imidazole rings is 1. The number of pyridine rings is 2. The van der Waals surface area contributed by atoms with E-state index in [9.17, 15) is 8.78 Å². The van der Waals surface area contributed by atoms with Crippen molar-refractivity contribution >= 4 is 21.9 Å². The summed E-state index contributed by atoms with van der Waals surface area (Å²) >= 11 is 0. The largest absolute Gasteiger partial charge is 0.361 e. The van der Waals surface area contributed by atoms with Crippen LogP contribution in [0.25, 0.3) is 44.5 Å². The van der Waals surface area contributed by atoms with Gasteiger partial charge in [-0.15, -0.1) is 0 Å². The molecule has 0 saturated carbocycles. The fourth-order valence-electron chi connectivity index (χ4n) is 4.48. The molecule has 0 aliphatic rings. The Bertz CT molecular complexity index is 1470. The lowest BCUT2D eigenvalue weighted by Gasteiger charge is -2.19. The van der Waals surface area contributed by atoms with Crippen LogP contribution in [0.2, 0.25) is 0 Å². The van der Waals surface area contributed by atoms with Gasteiger partial charge in [-0.2, -0.15) is 8.78 Å². The van der Waals surface area contributed by atoms with Crippen molar-refractivity contribution in [3.8, 4) is 22.5 Å². The van der Waals surface area contributed by atoms with Gasteiger partial charge in [0.2, 0.25) is 0 Å². The van der Waals surface area contributed by atoms with Gasteiger partial charge in [0.05, 0.1) is 35.6 Å². The number of halogens is 2. The molecule has 0 N–H and O–H groups in total. The lowest BCUT2D eigenvalue weighted by atomic mass is 9.96. The van der Waals surface area contributed by atoms with Gasteiger partial charge >= 0.3 is 6.61 Å². The first-order valence-corrected chi connectivity index (χ1v) is 10.9. The summed E-state index contributed by atoms with van der Waals surface area (Å²) < 4.78 is 37.7. The zero-order valence-electron chi connectivity index (χ0n) is 19.2. The van der Waals surface area contributed by atoms with E-state index in [0.717, 1.165) is 50.1 Å². The lowest BCUT2D eigenvalue weighted by molar-refractivity contribution is -0.135. The molecule has 0 spiro atoms. The summed E-state index contributed by atoms with van der Waals surface area (Å²) in [5.74, 6) is 1.36. The van der Waals surface area contributed by atoms with E-state index in [0.29, 0.717) is 11.3 Å². The van der Waals surface area contributed by atoms with E-state index in [1.165, 1.54) is 0 Å². The smallest absolute Gasteiger partial charge is 0.345 e. The zero-order valence-corrected chi connectivity index (χ0v) is 19.2. The van der Waals surface area contributed by atoms with Gasteiger partial charge < -0.3 is 13.8 Å². The number of rotatable bonds is 6. The van der Waals surface area contributed by atoms with Crippen molar-refractivity contribution in [1.29, 1.82) is 0 Å². The van der Waals surface area contributed by atoms with Crippen LogP contribution in [-0.2, 0) is 4.74 Å². The van der Waals surface area contributed by atoms with Crippen LogP contribution >= 0.6 is 0 Å². The van der Waals surface area contributed by atoms with Crippen LogP contribution in [-0.4, -0.2) is 37.9 Å². The van der Waals surface area contributed by atoms with Gasteiger partial charge in [0.1, 0.15) is 17.1 Å². The molecule has 1 aromatic carbocycles. The van der Waals surface area contributed by atoms with Gasteiger partial charge in [-0.25, -0.2) is 4.98 Å². The van der Waals surface area contributed by atoms with Crippen molar-refractivity contribution in [2.24, 2.45) is 0 Å². The third-order valence-corrected chi connectivity index (χ3v) is 5.99. The Labute approximate surface area is 194 Å². The van der Waals surface area contributed by atoms with Crippen molar-refractivity contribution in [2.45, 2.75) is 40.3 Å². The van der Waals surface area contributed by atoms with Gasteiger partial charge in [0, 0.05) is 28.9 Å². The molecule has 4 aromatic heterocycles. The summed E-state index contributed by atoms with van der Waals surface area (Å²) in [6, 6.07) is 7.36. The Hall–Kier alpha value is -3.72. The second-order valence-electron chi connectivity index (χ2n) is 8.37. The quantitative estimate of drug-likeness (QED) is 0.306. The van der Waals surface area contributed by atoms with Gasteiger partial charge in [-0.3, -0.25) is 9.97 Å². The minimum absolute atomic E-state index is 0.170. The number of aryl methyl sites for hydroxylation is 3. The normalized spacial score (nSPS) is 12.8. The van der Waals surface area contributed by atoms with Crippen LogP contribution in [0.4, 0.5) is 8.78 Å². The van der Waals surface area contributed by atoms with E-state index in [2.05, 4.69) is 25.9 Å². The fraction of sp³-hybridized carbons (Fsp3) is 0.280. The van der Waals surface area contributed by atoms with Crippen LogP contribution < -0.4 is 0 Å². The summed E-state index contributed by atoms with van der Waals surface area (Å²) in [5.41, 5.74) is 6.77. The topological polar surface area (TPSA) is 78.9 Å². The highest BCUT2D eigenvalue weighted by Gasteiger charge is 2.22. The van der Waals surface area contributed by atoms with E-state index < -0.39 is 12.7 Å². The second kappa shape index (κ2) is 8.57. The molecular weight excluding hydrogens is 440 g/mol. The fourth-order valence-corrected chi connectivity index (χ4v) is 4.48. The van der Waals surface area contributed by atoms with Crippen LogP contribution in [0.15, 0.2) is 47.4 Å². The molecule has 0 radical (unpaired) electrons. The van der Waals surface area contributed by atoms with E-state index in [4.69, 9.17) is 9.51 Å². The molecule has 0 fully saturated rings. The molecule has 5 aromatic rings. The minimum atomic E-state index is -2.85. The maximum atomic E-state index is 12.8. The van der Waals surface area contributed by atoms with Crippen LogP contribution in [0, 0.1) is 20.8 Å². The zero-order chi connectivity index (χ0) is 24.0. The highest BCUT2D eigenvalue weighted by atomic mass is 19.3. The molecule has 5 rings (SSSR count). The number of fused-ring (bicyclic) bond motifs is 3. The lowest BCUT2D eigenvalue weighted by Crippen LogP contribution is -2.15. The van der Waals surface area contributed by atoms with E-state index >= 15 is 0 Å². The molecule has 0 unspecified atom stereocenters. The molecular formula is C25H23F2N5O2. The number of aromatic nitrogens is 5. The minimum Gasteiger partial charge on any atom is -0.361 e. The number of hydrogen-bond acceptors (Lipinski definition) is 6. The standard InChI is InChI=1S/C25H23F2N5O2/c1-13-8-19-20(9-18(13)22-15(3)31-34-16(22)4)29-11-21-23(19)32(14(2)12-33-25(26)27)24(30-21)17-6-5-7-28-10-17/h5-11,14,25H,12H2,1-4H3/t14-/m0/s1. The van der Waals surface area contributed by atoms with E-state index in [1.807, 2.05) is 50.5 Å². The monoisotopic (exact) mass is 463 g/mol. The first-order chi connectivity index (χ1) is 16.3. The molecule has 1 atom stereocenters. The van der Waals surface area contributed by atoms with Gasteiger partial charge in [-0.05, 0) is 63.1 Å². The summed E-state index contributed by atoms with van der Waals surface area (Å²) in [6.45, 7) is 4.63.